The van der Waals surface area contributed by atoms with Crippen LogP contribution in [-0.4, -0.2) is 19.2 Å². The van der Waals surface area contributed by atoms with Gasteiger partial charge in [0, 0.05) is 11.6 Å². The number of nitrogens with zero attached hydrogens (tertiary/aromatic N) is 1. The summed E-state index contributed by atoms with van der Waals surface area (Å²) in [6.07, 6.45) is 0. The van der Waals surface area contributed by atoms with Crippen molar-refractivity contribution in [2.24, 2.45) is 0 Å². The number of nitrogens with two attached hydrogens (primary N) is 1. The minimum atomic E-state index is 0.706. The van der Waals surface area contributed by atoms with Crippen molar-refractivity contribution in [2.45, 2.75) is 6.92 Å². The maximum absolute atomic E-state index is 5.93. The number of benzene rings is 1. The Bertz CT molecular complexity index is 515. The zero-order chi connectivity index (χ0) is 12.4. The Morgan fingerprint density at radius 3 is 2.12 bits per heavy atom. The van der Waals surface area contributed by atoms with Gasteiger partial charge in [-0.25, -0.2) is 4.98 Å². The van der Waals surface area contributed by atoms with Gasteiger partial charge in [0.25, 0.3) is 0 Å². The van der Waals surface area contributed by atoms with Gasteiger partial charge in [-0.15, -0.1) is 11.3 Å². The number of hydrogen-bond donors (Lipinski definition) is 1. The molecule has 0 unspecified atom stereocenters. The maximum Gasteiger partial charge on any atom is 0.123 e. The quantitative estimate of drug-likeness (QED) is 0.910. The van der Waals surface area contributed by atoms with Gasteiger partial charge in [-0.05, 0) is 19.1 Å². The molecular formula is C12H14N2O2S. The highest BCUT2D eigenvalue weighted by atomic mass is 32.1. The number of rotatable bonds is 3. The van der Waals surface area contributed by atoms with E-state index in [0.29, 0.717) is 5.00 Å². The average Bonchev–Trinajstić information content (AvgIpc) is 2.67. The summed E-state index contributed by atoms with van der Waals surface area (Å²) in [4.78, 5) is 4.41. The van der Waals surface area contributed by atoms with Crippen LogP contribution in [0.2, 0.25) is 0 Å². The van der Waals surface area contributed by atoms with E-state index in [2.05, 4.69) is 4.98 Å². The van der Waals surface area contributed by atoms with Gasteiger partial charge in [-0.1, -0.05) is 0 Å². The van der Waals surface area contributed by atoms with Gasteiger partial charge in [0.05, 0.1) is 19.2 Å². The zero-order valence-corrected chi connectivity index (χ0v) is 10.8. The first-order valence-corrected chi connectivity index (χ1v) is 5.92. The van der Waals surface area contributed by atoms with E-state index in [9.17, 15) is 0 Å². The molecule has 2 rings (SSSR count). The zero-order valence-electron chi connectivity index (χ0n) is 9.98. The lowest BCUT2D eigenvalue weighted by Crippen LogP contribution is -1.91. The number of hydrogen-bond acceptors (Lipinski definition) is 5. The van der Waals surface area contributed by atoms with Crippen LogP contribution in [0.3, 0.4) is 0 Å². The average molecular weight is 250 g/mol. The van der Waals surface area contributed by atoms with Crippen LogP contribution in [0.15, 0.2) is 18.2 Å². The van der Waals surface area contributed by atoms with Crippen molar-refractivity contribution in [2.75, 3.05) is 20.0 Å². The molecule has 0 spiro atoms. The molecule has 2 N–H and O–H groups in total. The van der Waals surface area contributed by atoms with Crippen molar-refractivity contribution in [3.05, 3.63) is 23.2 Å². The first-order valence-electron chi connectivity index (χ1n) is 5.10. The minimum Gasteiger partial charge on any atom is -0.497 e. The van der Waals surface area contributed by atoms with Gasteiger partial charge in [-0.3, -0.25) is 0 Å². The summed E-state index contributed by atoms with van der Waals surface area (Å²) in [6, 6.07) is 5.61. The third-order valence-corrected chi connectivity index (χ3v) is 3.19. The fraction of sp³-hybridized carbons (Fsp3) is 0.250. The molecule has 0 saturated carbocycles. The second-order valence-corrected chi connectivity index (χ2v) is 4.78. The maximum atomic E-state index is 5.93. The normalized spacial score (nSPS) is 10.3. The summed E-state index contributed by atoms with van der Waals surface area (Å²) in [7, 11) is 3.24. The lowest BCUT2D eigenvalue weighted by atomic mass is 10.1. The SMILES string of the molecule is COc1cc(OC)cc(-c2nc(C)sc2N)c1. The molecule has 90 valence electrons. The van der Waals surface area contributed by atoms with E-state index >= 15 is 0 Å². The molecule has 0 aliphatic carbocycles. The lowest BCUT2D eigenvalue weighted by Gasteiger charge is -2.07. The fourth-order valence-electron chi connectivity index (χ4n) is 1.59. The van der Waals surface area contributed by atoms with Gasteiger partial charge in [0.1, 0.15) is 22.2 Å². The largest absolute Gasteiger partial charge is 0.497 e. The highest BCUT2D eigenvalue weighted by Crippen LogP contribution is 2.34. The van der Waals surface area contributed by atoms with Gasteiger partial charge in [0.2, 0.25) is 0 Å². The molecule has 4 nitrogen and oxygen atoms in total. The minimum absolute atomic E-state index is 0.706. The summed E-state index contributed by atoms with van der Waals surface area (Å²) < 4.78 is 10.4. The molecular weight excluding hydrogens is 236 g/mol. The lowest BCUT2D eigenvalue weighted by molar-refractivity contribution is 0.394. The second-order valence-electron chi connectivity index (χ2n) is 3.55. The molecule has 0 saturated heterocycles. The van der Waals surface area contributed by atoms with Crippen molar-refractivity contribution in [1.29, 1.82) is 0 Å². The topological polar surface area (TPSA) is 57.4 Å². The molecule has 2 aromatic rings. The van der Waals surface area contributed by atoms with E-state index in [1.807, 2.05) is 25.1 Å². The van der Waals surface area contributed by atoms with Crippen LogP contribution >= 0.6 is 11.3 Å². The van der Waals surface area contributed by atoms with Crippen LogP contribution in [0.5, 0.6) is 11.5 Å². The summed E-state index contributed by atoms with van der Waals surface area (Å²) in [6.45, 7) is 1.93. The molecule has 1 heterocycles. The number of ether oxygens (including phenoxy) is 2. The Labute approximate surface area is 104 Å². The molecule has 0 atom stereocenters. The second kappa shape index (κ2) is 4.63. The molecule has 1 aromatic carbocycles. The first kappa shape index (κ1) is 11.7. The Morgan fingerprint density at radius 1 is 1.12 bits per heavy atom. The molecule has 0 bridgehead atoms. The molecule has 17 heavy (non-hydrogen) atoms. The highest BCUT2D eigenvalue weighted by molar-refractivity contribution is 7.16. The van der Waals surface area contributed by atoms with E-state index in [1.54, 1.807) is 14.2 Å². The van der Waals surface area contributed by atoms with Crippen LogP contribution in [-0.2, 0) is 0 Å². The van der Waals surface area contributed by atoms with Crippen LogP contribution in [0.25, 0.3) is 11.3 Å². The van der Waals surface area contributed by atoms with Crippen LogP contribution in [0.1, 0.15) is 5.01 Å². The Balaban J connectivity index is 2.54. The number of aryl methyl sites for hydroxylation is 1. The third kappa shape index (κ3) is 2.34. The number of methoxy groups -OCH3 is 2. The van der Waals surface area contributed by atoms with Gasteiger partial charge in [0.15, 0.2) is 0 Å². The monoisotopic (exact) mass is 250 g/mol. The molecule has 1 aromatic heterocycles. The molecule has 0 radical (unpaired) electrons. The molecule has 5 heteroatoms. The van der Waals surface area contributed by atoms with Crippen LogP contribution < -0.4 is 15.2 Å². The summed E-state index contributed by atoms with van der Waals surface area (Å²) >= 11 is 1.48. The van der Waals surface area contributed by atoms with Crippen LogP contribution in [0, 0.1) is 6.92 Å². The molecule has 0 aliphatic heterocycles. The van der Waals surface area contributed by atoms with Gasteiger partial charge < -0.3 is 15.2 Å². The first-order chi connectivity index (χ1) is 8.13. The Hall–Kier alpha value is -1.75. The van der Waals surface area contributed by atoms with Crippen molar-refractivity contribution >= 4 is 16.3 Å². The van der Waals surface area contributed by atoms with E-state index in [4.69, 9.17) is 15.2 Å². The molecule has 0 amide bonds. The van der Waals surface area contributed by atoms with Crippen LogP contribution in [0.4, 0.5) is 5.00 Å². The smallest absolute Gasteiger partial charge is 0.123 e. The van der Waals surface area contributed by atoms with E-state index in [0.717, 1.165) is 27.8 Å². The van der Waals surface area contributed by atoms with Gasteiger partial charge in [-0.2, -0.15) is 0 Å². The number of aromatic nitrogens is 1. The summed E-state index contributed by atoms with van der Waals surface area (Å²) in [5, 5.41) is 1.65. The standard InChI is InChI=1S/C12H14N2O2S/c1-7-14-11(12(13)17-7)8-4-9(15-2)6-10(5-8)16-3/h4-6H,13H2,1-3H3. The Kier molecular flexibility index (Phi) is 3.19. The van der Waals surface area contributed by atoms with Crippen molar-refractivity contribution in [1.82, 2.24) is 4.98 Å². The van der Waals surface area contributed by atoms with E-state index < -0.39 is 0 Å². The summed E-state index contributed by atoms with van der Waals surface area (Å²) in [5.74, 6) is 1.45. The predicted octanol–water partition coefficient (Wildman–Crippen LogP) is 2.72. The van der Waals surface area contributed by atoms with Gasteiger partial charge >= 0.3 is 0 Å². The number of nitrogen functional groups attached to an aromatic ring is 1. The van der Waals surface area contributed by atoms with E-state index in [1.165, 1.54) is 11.3 Å². The number of anilines is 1. The van der Waals surface area contributed by atoms with Crippen molar-refractivity contribution < 1.29 is 9.47 Å². The number of thiazole rings is 1. The molecule has 0 aliphatic rings. The Morgan fingerprint density at radius 2 is 1.71 bits per heavy atom. The highest BCUT2D eigenvalue weighted by Gasteiger charge is 2.11. The van der Waals surface area contributed by atoms with Crippen molar-refractivity contribution in [3.63, 3.8) is 0 Å². The van der Waals surface area contributed by atoms with E-state index in [-0.39, 0.29) is 0 Å². The third-order valence-electron chi connectivity index (χ3n) is 2.39. The predicted molar refractivity (Wildman–Crippen MR) is 69.8 cm³/mol. The fourth-order valence-corrected chi connectivity index (χ4v) is 2.31. The molecule has 0 fully saturated rings. The van der Waals surface area contributed by atoms with Crippen molar-refractivity contribution in [3.8, 4) is 22.8 Å². The summed E-state index contributed by atoms with van der Waals surface area (Å²) in [5.41, 5.74) is 7.62.